The van der Waals surface area contributed by atoms with Crippen LogP contribution in [0.3, 0.4) is 0 Å². The van der Waals surface area contributed by atoms with E-state index in [0.717, 1.165) is 50.4 Å². The third-order valence-corrected chi connectivity index (χ3v) is 5.87. The predicted octanol–water partition coefficient (Wildman–Crippen LogP) is 6.08. The van der Waals surface area contributed by atoms with Gasteiger partial charge in [-0.25, -0.2) is 0 Å². The Balaban J connectivity index is 1.66. The monoisotopic (exact) mass is 449 g/mol. The third-order valence-electron chi connectivity index (χ3n) is 5.87. The quantitative estimate of drug-likeness (QED) is 0.285. The molecule has 0 atom stereocenters. The van der Waals surface area contributed by atoms with Gasteiger partial charge in [-0.2, -0.15) is 0 Å². The second kappa shape index (κ2) is 13.9. The molecule has 0 unspecified atom stereocenters. The highest BCUT2D eigenvalue weighted by Crippen LogP contribution is 2.31. The van der Waals surface area contributed by atoms with Crippen molar-refractivity contribution in [3.05, 3.63) is 71.8 Å². The molecule has 178 valence electrons. The number of unbranched alkanes of at least 4 members (excludes halogenated alkanes) is 1. The first-order chi connectivity index (χ1) is 16.2. The molecular weight excluding hydrogens is 410 g/mol. The van der Waals surface area contributed by atoms with E-state index >= 15 is 0 Å². The van der Waals surface area contributed by atoms with Gasteiger partial charge < -0.3 is 14.6 Å². The summed E-state index contributed by atoms with van der Waals surface area (Å²) in [5.41, 5.74) is 2.44. The number of aliphatic hydroxyl groups is 1. The zero-order valence-electron chi connectivity index (χ0n) is 20.3. The smallest absolute Gasteiger partial charge is 0.123 e. The number of benzene rings is 3. The lowest BCUT2D eigenvalue weighted by atomic mass is 9.97. The Bertz CT molecular complexity index is 949. The van der Waals surface area contributed by atoms with E-state index in [4.69, 9.17) is 14.6 Å². The summed E-state index contributed by atoms with van der Waals surface area (Å²) in [7, 11) is 0. The van der Waals surface area contributed by atoms with E-state index in [1.807, 2.05) is 0 Å². The number of ether oxygens (including phenoxy) is 2. The molecular formula is C29H39NO3. The Morgan fingerprint density at radius 3 is 2.24 bits per heavy atom. The van der Waals surface area contributed by atoms with Crippen LogP contribution in [0, 0.1) is 0 Å². The molecule has 0 aliphatic rings. The highest BCUT2D eigenvalue weighted by Gasteiger charge is 2.11. The van der Waals surface area contributed by atoms with Crippen LogP contribution in [0.25, 0.3) is 10.8 Å². The number of nitrogens with zero attached hydrogens (tertiary/aromatic N) is 1. The van der Waals surface area contributed by atoms with Crippen molar-refractivity contribution in [3.8, 4) is 11.5 Å². The highest BCUT2D eigenvalue weighted by molar-refractivity contribution is 5.88. The van der Waals surface area contributed by atoms with Crippen LogP contribution in [0.1, 0.15) is 50.7 Å². The van der Waals surface area contributed by atoms with E-state index in [0.29, 0.717) is 13.2 Å². The van der Waals surface area contributed by atoms with Crippen LogP contribution < -0.4 is 9.47 Å². The molecule has 3 rings (SSSR count). The van der Waals surface area contributed by atoms with Crippen molar-refractivity contribution >= 4 is 10.8 Å². The van der Waals surface area contributed by atoms with Crippen LogP contribution in [-0.4, -0.2) is 49.5 Å². The van der Waals surface area contributed by atoms with Gasteiger partial charge in [-0.05, 0) is 73.3 Å². The SMILES string of the molecule is CCCN(CCC)CCOc1ccc(Cc2c(OCCCCO)ccc3ccccc23)cc1. The molecule has 0 saturated carbocycles. The molecule has 0 aromatic heterocycles. The fourth-order valence-electron chi connectivity index (χ4n) is 4.20. The summed E-state index contributed by atoms with van der Waals surface area (Å²) in [6.45, 7) is 9.22. The van der Waals surface area contributed by atoms with E-state index < -0.39 is 0 Å². The minimum atomic E-state index is 0.206. The molecule has 0 aliphatic heterocycles. The van der Waals surface area contributed by atoms with Crippen molar-refractivity contribution in [2.45, 2.75) is 46.0 Å². The van der Waals surface area contributed by atoms with Gasteiger partial charge in [0.25, 0.3) is 0 Å². The van der Waals surface area contributed by atoms with Crippen molar-refractivity contribution in [1.82, 2.24) is 4.90 Å². The van der Waals surface area contributed by atoms with Crippen LogP contribution in [0.5, 0.6) is 11.5 Å². The summed E-state index contributed by atoms with van der Waals surface area (Å²) in [5.74, 6) is 1.85. The summed E-state index contributed by atoms with van der Waals surface area (Å²) in [4.78, 5) is 2.47. The average Bonchev–Trinajstić information content (AvgIpc) is 2.84. The molecule has 0 radical (unpaired) electrons. The summed E-state index contributed by atoms with van der Waals surface area (Å²) in [5, 5.41) is 11.5. The third kappa shape index (κ3) is 7.76. The van der Waals surface area contributed by atoms with Crippen molar-refractivity contribution in [1.29, 1.82) is 0 Å². The van der Waals surface area contributed by atoms with Crippen molar-refractivity contribution in [2.24, 2.45) is 0 Å². The van der Waals surface area contributed by atoms with Crippen molar-refractivity contribution < 1.29 is 14.6 Å². The van der Waals surface area contributed by atoms with Gasteiger partial charge in [0.15, 0.2) is 0 Å². The fourth-order valence-corrected chi connectivity index (χ4v) is 4.20. The number of rotatable bonds is 15. The van der Waals surface area contributed by atoms with E-state index in [2.05, 4.69) is 79.4 Å². The molecule has 0 spiro atoms. The molecule has 0 saturated heterocycles. The molecule has 0 amide bonds. The molecule has 3 aromatic rings. The van der Waals surface area contributed by atoms with Crippen LogP contribution in [0.4, 0.5) is 0 Å². The van der Waals surface area contributed by atoms with E-state index in [1.165, 1.54) is 34.7 Å². The minimum Gasteiger partial charge on any atom is -0.493 e. The largest absolute Gasteiger partial charge is 0.493 e. The highest BCUT2D eigenvalue weighted by atomic mass is 16.5. The topological polar surface area (TPSA) is 41.9 Å². The van der Waals surface area contributed by atoms with Crippen LogP contribution in [0.2, 0.25) is 0 Å². The zero-order valence-corrected chi connectivity index (χ0v) is 20.3. The Hall–Kier alpha value is -2.56. The van der Waals surface area contributed by atoms with E-state index in [-0.39, 0.29) is 6.61 Å². The molecule has 1 N–H and O–H groups in total. The van der Waals surface area contributed by atoms with Gasteiger partial charge in [0.05, 0.1) is 6.61 Å². The molecule has 0 heterocycles. The zero-order chi connectivity index (χ0) is 23.3. The number of hydrogen-bond acceptors (Lipinski definition) is 4. The Morgan fingerprint density at radius 1 is 0.758 bits per heavy atom. The molecule has 4 heteroatoms. The van der Waals surface area contributed by atoms with Gasteiger partial charge in [0.1, 0.15) is 18.1 Å². The van der Waals surface area contributed by atoms with Crippen LogP contribution in [0.15, 0.2) is 60.7 Å². The molecule has 3 aromatic carbocycles. The first-order valence-electron chi connectivity index (χ1n) is 12.4. The molecule has 0 bridgehead atoms. The Labute approximate surface area is 199 Å². The average molecular weight is 450 g/mol. The lowest BCUT2D eigenvalue weighted by Crippen LogP contribution is -2.30. The first-order valence-corrected chi connectivity index (χ1v) is 12.4. The van der Waals surface area contributed by atoms with E-state index in [9.17, 15) is 0 Å². The molecule has 0 fully saturated rings. The van der Waals surface area contributed by atoms with Gasteiger partial charge >= 0.3 is 0 Å². The Morgan fingerprint density at radius 2 is 1.52 bits per heavy atom. The number of hydrogen-bond donors (Lipinski definition) is 1. The lowest BCUT2D eigenvalue weighted by molar-refractivity contribution is 0.209. The van der Waals surface area contributed by atoms with Crippen molar-refractivity contribution in [3.63, 3.8) is 0 Å². The summed E-state index contributed by atoms with van der Waals surface area (Å²) in [6.07, 6.45) is 4.77. The maximum atomic E-state index is 9.04. The maximum Gasteiger partial charge on any atom is 0.123 e. The first kappa shape index (κ1) is 25.1. The minimum absolute atomic E-state index is 0.206. The number of aliphatic hydroxyl groups excluding tert-OH is 1. The summed E-state index contributed by atoms with van der Waals surface area (Å²) in [6, 6.07) is 21.1. The fraction of sp³-hybridized carbons (Fsp3) is 0.448. The normalized spacial score (nSPS) is 11.3. The van der Waals surface area contributed by atoms with Crippen LogP contribution >= 0.6 is 0 Å². The lowest BCUT2D eigenvalue weighted by Gasteiger charge is -2.21. The van der Waals surface area contributed by atoms with Gasteiger partial charge in [-0.1, -0.05) is 56.3 Å². The van der Waals surface area contributed by atoms with Gasteiger partial charge in [-0.15, -0.1) is 0 Å². The van der Waals surface area contributed by atoms with Gasteiger partial charge in [0.2, 0.25) is 0 Å². The Kier molecular flexibility index (Phi) is 10.5. The molecule has 0 aliphatic carbocycles. The van der Waals surface area contributed by atoms with Gasteiger partial charge in [0, 0.05) is 25.1 Å². The second-order valence-corrected chi connectivity index (χ2v) is 8.55. The summed E-state index contributed by atoms with van der Waals surface area (Å²) < 4.78 is 12.1. The summed E-state index contributed by atoms with van der Waals surface area (Å²) >= 11 is 0. The molecule has 4 nitrogen and oxygen atoms in total. The van der Waals surface area contributed by atoms with Crippen LogP contribution in [-0.2, 0) is 6.42 Å². The second-order valence-electron chi connectivity index (χ2n) is 8.55. The predicted molar refractivity (Wildman–Crippen MR) is 138 cm³/mol. The van der Waals surface area contributed by atoms with Crippen molar-refractivity contribution in [2.75, 3.05) is 39.5 Å². The standard InChI is InChI=1S/C29H39NO3/c1-3-17-30(18-4-2)19-22-32-26-14-11-24(12-15-26)23-28-27-10-6-5-9-25(27)13-16-29(28)33-21-8-7-20-31/h5-6,9-16,31H,3-4,7-8,17-23H2,1-2H3. The van der Waals surface area contributed by atoms with E-state index in [1.54, 1.807) is 0 Å². The molecule has 33 heavy (non-hydrogen) atoms. The maximum absolute atomic E-state index is 9.04. The number of fused-ring (bicyclic) bond motifs is 1. The van der Waals surface area contributed by atoms with Gasteiger partial charge in [-0.3, -0.25) is 4.90 Å².